The van der Waals surface area contributed by atoms with Crippen molar-refractivity contribution in [3.63, 3.8) is 0 Å². The molecule has 1 N–H and O–H groups in total. The van der Waals surface area contributed by atoms with Gasteiger partial charge >= 0.3 is 0 Å². The Morgan fingerprint density at radius 2 is 2.19 bits per heavy atom. The summed E-state index contributed by atoms with van der Waals surface area (Å²) in [6, 6.07) is 0.0750. The Kier molecular flexibility index (Phi) is 6.01. The minimum absolute atomic E-state index is 0.0183. The van der Waals surface area contributed by atoms with Gasteiger partial charge in [0.15, 0.2) is 9.84 Å². The minimum atomic E-state index is -2.87. The van der Waals surface area contributed by atoms with Gasteiger partial charge in [0.05, 0.1) is 17.6 Å². The van der Waals surface area contributed by atoms with Crippen LogP contribution in [0.25, 0.3) is 0 Å². The maximum absolute atomic E-state index is 11.9. The van der Waals surface area contributed by atoms with Gasteiger partial charge in [0.1, 0.15) is 0 Å². The predicted molar refractivity (Wildman–Crippen MR) is 80.9 cm³/mol. The zero-order valence-corrected chi connectivity index (χ0v) is 13.5. The fourth-order valence-electron chi connectivity index (χ4n) is 3.03. The molecule has 122 valence electrons. The van der Waals surface area contributed by atoms with Crippen LogP contribution in [0, 0.1) is 0 Å². The molecule has 21 heavy (non-hydrogen) atoms. The molecule has 2 saturated heterocycles. The second-order valence-electron chi connectivity index (χ2n) is 5.87. The van der Waals surface area contributed by atoms with E-state index in [1.54, 1.807) is 0 Å². The summed E-state index contributed by atoms with van der Waals surface area (Å²) < 4.78 is 28.5. The van der Waals surface area contributed by atoms with Crippen LogP contribution in [0.4, 0.5) is 0 Å². The molecule has 0 aliphatic carbocycles. The van der Waals surface area contributed by atoms with E-state index < -0.39 is 9.84 Å². The fourth-order valence-corrected chi connectivity index (χ4v) is 4.79. The monoisotopic (exact) mass is 318 g/mol. The van der Waals surface area contributed by atoms with Crippen molar-refractivity contribution >= 4 is 15.7 Å². The van der Waals surface area contributed by atoms with Gasteiger partial charge in [0, 0.05) is 32.2 Å². The van der Waals surface area contributed by atoms with Crippen molar-refractivity contribution in [1.29, 1.82) is 0 Å². The number of amides is 1. The molecule has 0 bridgehead atoms. The third kappa shape index (κ3) is 5.23. The molecule has 2 atom stereocenters. The maximum Gasteiger partial charge on any atom is 0.221 e. The van der Waals surface area contributed by atoms with Crippen LogP contribution in [0.2, 0.25) is 0 Å². The number of carbonyl (C=O) groups is 1. The number of nitrogens with one attached hydrogen (secondary N) is 1. The Bertz CT molecular complexity index is 446. The fraction of sp³-hybridized carbons (Fsp3) is 0.929. The lowest BCUT2D eigenvalue weighted by molar-refractivity contribution is -0.122. The van der Waals surface area contributed by atoms with Gasteiger partial charge in [-0.05, 0) is 25.8 Å². The molecule has 2 unspecified atom stereocenters. The first-order chi connectivity index (χ1) is 10.00. The van der Waals surface area contributed by atoms with Crippen LogP contribution in [0.5, 0.6) is 0 Å². The molecule has 0 saturated carbocycles. The maximum atomic E-state index is 11.9. The Morgan fingerprint density at radius 1 is 1.38 bits per heavy atom. The van der Waals surface area contributed by atoms with Crippen molar-refractivity contribution in [3.05, 3.63) is 0 Å². The molecule has 0 radical (unpaired) electrons. The molecule has 2 rings (SSSR count). The highest BCUT2D eigenvalue weighted by molar-refractivity contribution is 7.91. The summed E-state index contributed by atoms with van der Waals surface area (Å²) in [4.78, 5) is 14.0. The van der Waals surface area contributed by atoms with Crippen molar-refractivity contribution in [1.82, 2.24) is 10.2 Å². The second kappa shape index (κ2) is 7.56. The zero-order chi connectivity index (χ0) is 15.3. The van der Waals surface area contributed by atoms with E-state index in [1.165, 1.54) is 0 Å². The van der Waals surface area contributed by atoms with Gasteiger partial charge in [-0.2, -0.15) is 0 Å². The topological polar surface area (TPSA) is 75.7 Å². The highest BCUT2D eigenvalue weighted by atomic mass is 32.2. The molecule has 6 nitrogen and oxygen atoms in total. The number of sulfone groups is 1. The highest BCUT2D eigenvalue weighted by Crippen LogP contribution is 2.17. The van der Waals surface area contributed by atoms with E-state index in [4.69, 9.17) is 4.74 Å². The van der Waals surface area contributed by atoms with Gasteiger partial charge in [0.25, 0.3) is 0 Å². The summed E-state index contributed by atoms with van der Waals surface area (Å²) in [7, 11) is -2.87. The predicted octanol–water partition coefficient (Wildman–Crippen LogP) is 0.181. The van der Waals surface area contributed by atoms with Crippen molar-refractivity contribution in [3.8, 4) is 0 Å². The SMILES string of the molecule is CCN(CCC(=O)NCC1CCCO1)C1CCS(=O)(=O)C1. The van der Waals surface area contributed by atoms with Crippen LogP contribution in [-0.4, -0.2) is 69.1 Å². The molecule has 0 aromatic carbocycles. The van der Waals surface area contributed by atoms with E-state index in [2.05, 4.69) is 10.2 Å². The number of carbonyl (C=O) groups excluding carboxylic acids is 1. The first kappa shape index (κ1) is 16.7. The zero-order valence-electron chi connectivity index (χ0n) is 12.7. The van der Waals surface area contributed by atoms with Crippen molar-refractivity contribution < 1.29 is 17.9 Å². The average Bonchev–Trinajstić information content (AvgIpc) is 3.07. The third-order valence-electron chi connectivity index (χ3n) is 4.31. The minimum Gasteiger partial charge on any atom is -0.376 e. The van der Waals surface area contributed by atoms with Gasteiger partial charge in [0.2, 0.25) is 5.91 Å². The Hall–Kier alpha value is -0.660. The Labute approximate surface area is 127 Å². The summed E-state index contributed by atoms with van der Waals surface area (Å²) in [5.41, 5.74) is 0. The quantitative estimate of drug-likeness (QED) is 0.725. The molecule has 0 aromatic rings. The van der Waals surface area contributed by atoms with Gasteiger partial charge < -0.3 is 10.1 Å². The van der Waals surface area contributed by atoms with Crippen LogP contribution >= 0.6 is 0 Å². The lowest BCUT2D eigenvalue weighted by Gasteiger charge is -2.26. The van der Waals surface area contributed by atoms with Crippen LogP contribution in [0.3, 0.4) is 0 Å². The molecule has 2 aliphatic heterocycles. The normalized spacial score (nSPS) is 28.1. The molecular formula is C14H26N2O4S. The van der Waals surface area contributed by atoms with E-state index in [-0.39, 0.29) is 29.6 Å². The molecule has 0 aromatic heterocycles. The van der Waals surface area contributed by atoms with Crippen LogP contribution in [0.1, 0.15) is 32.6 Å². The van der Waals surface area contributed by atoms with Crippen LogP contribution in [-0.2, 0) is 19.4 Å². The van der Waals surface area contributed by atoms with Gasteiger partial charge in [-0.1, -0.05) is 6.92 Å². The molecule has 1 amide bonds. The van der Waals surface area contributed by atoms with Crippen molar-refractivity contribution in [2.75, 3.05) is 37.7 Å². The molecule has 2 fully saturated rings. The summed E-state index contributed by atoms with van der Waals surface area (Å²) >= 11 is 0. The van der Waals surface area contributed by atoms with E-state index in [0.29, 0.717) is 25.9 Å². The molecular weight excluding hydrogens is 292 g/mol. The number of hydrogen-bond acceptors (Lipinski definition) is 5. The van der Waals surface area contributed by atoms with Crippen LogP contribution < -0.4 is 5.32 Å². The van der Waals surface area contributed by atoms with Crippen LogP contribution in [0.15, 0.2) is 0 Å². The molecule has 0 spiro atoms. The van der Waals surface area contributed by atoms with Gasteiger partial charge in [-0.25, -0.2) is 8.42 Å². The lowest BCUT2D eigenvalue weighted by atomic mass is 10.2. The second-order valence-corrected chi connectivity index (χ2v) is 8.10. The largest absolute Gasteiger partial charge is 0.376 e. The smallest absolute Gasteiger partial charge is 0.221 e. The number of rotatable bonds is 7. The number of ether oxygens (including phenoxy) is 1. The highest BCUT2D eigenvalue weighted by Gasteiger charge is 2.31. The first-order valence-electron chi connectivity index (χ1n) is 7.83. The number of hydrogen-bond donors (Lipinski definition) is 1. The van der Waals surface area contributed by atoms with E-state index >= 15 is 0 Å². The van der Waals surface area contributed by atoms with Gasteiger partial charge in [-0.3, -0.25) is 9.69 Å². The summed E-state index contributed by atoms with van der Waals surface area (Å²) in [5, 5.41) is 2.90. The standard InChI is InChI=1S/C14H26N2O4S/c1-2-16(12-6-9-21(18,19)11-12)7-5-14(17)15-10-13-4-3-8-20-13/h12-13H,2-11H2,1H3,(H,15,17). The molecule has 7 heteroatoms. The number of nitrogens with zero attached hydrogens (tertiary/aromatic N) is 1. The lowest BCUT2D eigenvalue weighted by Crippen LogP contribution is -2.39. The Balaban J connectivity index is 1.68. The Morgan fingerprint density at radius 3 is 2.76 bits per heavy atom. The first-order valence-corrected chi connectivity index (χ1v) is 9.65. The third-order valence-corrected chi connectivity index (χ3v) is 6.06. The van der Waals surface area contributed by atoms with Crippen molar-refractivity contribution in [2.24, 2.45) is 0 Å². The van der Waals surface area contributed by atoms with E-state index in [9.17, 15) is 13.2 Å². The molecule has 2 heterocycles. The summed E-state index contributed by atoms with van der Waals surface area (Å²) in [5.74, 6) is 0.530. The van der Waals surface area contributed by atoms with E-state index in [0.717, 1.165) is 26.0 Å². The van der Waals surface area contributed by atoms with Crippen molar-refractivity contribution in [2.45, 2.75) is 44.8 Å². The van der Waals surface area contributed by atoms with E-state index in [1.807, 2.05) is 6.92 Å². The summed E-state index contributed by atoms with van der Waals surface area (Å²) in [6.07, 6.45) is 3.35. The summed E-state index contributed by atoms with van der Waals surface area (Å²) in [6.45, 7) is 4.78. The average molecular weight is 318 g/mol. The molecule has 2 aliphatic rings. The van der Waals surface area contributed by atoms with Gasteiger partial charge in [-0.15, -0.1) is 0 Å².